The van der Waals surface area contributed by atoms with Crippen LogP contribution in [0.3, 0.4) is 0 Å². The van der Waals surface area contributed by atoms with Gasteiger partial charge in [0.25, 0.3) is 0 Å². The second-order valence-electron chi connectivity index (χ2n) is 6.43. The molecule has 1 atom stereocenters. The molecule has 1 fully saturated rings. The zero-order valence-corrected chi connectivity index (χ0v) is 14.9. The first-order valence-electron chi connectivity index (χ1n) is 9.08. The highest BCUT2D eigenvalue weighted by Gasteiger charge is 2.32. The van der Waals surface area contributed by atoms with Gasteiger partial charge in [-0.15, -0.1) is 0 Å². The van der Waals surface area contributed by atoms with Gasteiger partial charge in [0.2, 0.25) is 5.88 Å². The molecular weight excluding hydrogens is 338 g/mol. The number of urea groups is 1. The molecule has 0 spiro atoms. The Kier molecular flexibility index (Phi) is 5.01. The summed E-state index contributed by atoms with van der Waals surface area (Å²) in [5.74, 6) is 0.597. The van der Waals surface area contributed by atoms with Crippen LogP contribution in [0.25, 0.3) is 0 Å². The first-order chi connectivity index (χ1) is 13.3. The molecule has 27 heavy (non-hydrogen) atoms. The zero-order chi connectivity index (χ0) is 18.5. The highest BCUT2D eigenvalue weighted by Crippen LogP contribution is 2.28. The van der Waals surface area contributed by atoms with Gasteiger partial charge in [0.1, 0.15) is 6.10 Å². The second kappa shape index (κ2) is 7.91. The van der Waals surface area contributed by atoms with Crippen molar-refractivity contribution in [1.29, 1.82) is 0 Å². The lowest BCUT2D eigenvalue weighted by Crippen LogP contribution is -2.40. The number of carbonyl (C=O) groups excluding carboxylic acids is 1. The molecule has 5 nitrogen and oxygen atoms in total. The number of aromatic nitrogens is 1. The average Bonchev–Trinajstić information content (AvgIpc) is 3.19. The topological polar surface area (TPSA) is 45.7 Å². The summed E-state index contributed by atoms with van der Waals surface area (Å²) in [6, 6.07) is 25.0. The SMILES string of the molecule is O=C(N1CC[C@H](Oc2ccccn2)C1)N(c1ccccc1)c1ccccc1. The number of ether oxygens (including phenoxy) is 1. The Morgan fingerprint density at radius 2 is 1.56 bits per heavy atom. The van der Waals surface area contributed by atoms with Gasteiger partial charge in [-0.1, -0.05) is 42.5 Å². The maximum Gasteiger partial charge on any atom is 0.329 e. The molecule has 0 aliphatic carbocycles. The molecule has 1 aliphatic rings. The smallest absolute Gasteiger partial charge is 0.329 e. The van der Waals surface area contributed by atoms with Gasteiger partial charge < -0.3 is 9.64 Å². The molecule has 0 N–H and O–H groups in total. The number of para-hydroxylation sites is 2. The Morgan fingerprint density at radius 1 is 0.926 bits per heavy atom. The molecule has 0 radical (unpaired) electrons. The van der Waals surface area contributed by atoms with Crippen molar-refractivity contribution in [1.82, 2.24) is 9.88 Å². The van der Waals surface area contributed by atoms with E-state index in [2.05, 4.69) is 4.98 Å². The number of amides is 2. The lowest BCUT2D eigenvalue weighted by atomic mass is 10.2. The summed E-state index contributed by atoms with van der Waals surface area (Å²) in [5.41, 5.74) is 1.70. The standard InChI is InChI=1S/C22H21N3O2/c26-22(24-16-14-20(17-24)27-21-13-7-8-15-23-21)25(18-9-3-1-4-10-18)19-11-5-2-6-12-19/h1-13,15,20H,14,16-17H2/t20-/m0/s1. The van der Waals surface area contributed by atoms with Gasteiger partial charge in [-0.25, -0.2) is 9.78 Å². The summed E-state index contributed by atoms with van der Waals surface area (Å²) >= 11 is 0. The number of hydrogen-bond acceptors (Lipinski definition) is 3. The van der Waals surface area contributed by atoms with E-state index in [4.69, 9.17) is 4.74 Å². The van der Waals surface area contributed by atoms with E-state index in [0.717, 1.165) is 17.8 Å². The first-order valence-corrected chi connectivity index (χ1v) is 9.08. The van der Waals surface area contributed by atoms with Gasteiger partial charge in [0.05, 0.1) is 17.9 Å². The minimum atomic E-state index is -0.0442. The lowest BCUT2D eigenvalue weighted by molar-refractivity contribution is 0.188. The van der Waals surface area contributed by atoms with Crippen molar-refractivity contribution in [3.05, 3.63) is 85.1 Å². The molecule has 2 aromatic carbocycles. The van der Waals surface area contributed by atoms with Crippen LogP contribution in [-0.4, -0.2) is 35.1 Å². The number of anilines is 2. The van der Waals surface area contributed by atoms with Crippen LogP contribution in [0.4, 0.5) is 16.2 Å². The Balaban J connectivity index is 1.52. The van der Waals surface area contributed by atoms with Crippen molar-refractivity contribution in [3.8, 4) is 5.88 Å². The molecule has 5 heteroatoms. The molecule has 136 valence electrons. The van der Waals surface area contributed by atoms with E-state index in [1.165, 1.54) is 0 Å². The Bertz CT molecular complexity index is 832. The summed E-state index contributed by atoms with van der Waals surface area (Å²) in [7, 11) is 0. The first kappa shape index (κ1) is 17.1. The van der Waals surface area contributed by atoms with Crippen molar-refractivity contribution in [2.75, 3.05) is 18.0 Å². The Labute approximate surface area is 158 Å². The van der Waals surface area contributed by atoms with Crippen molar-refractivity contribution in [3.63, 3.8) is 0 Å². The number of rotatable bonds is 4. The Hall–Kier alpha value is -3.34. The summed E-state index contributed by atoms with van der Waals surface area (Å²) in [4.78, 5) is 21.1. The summed E-state index contributed by atoms with van der Waals surface area (Å²) in [5, 5.41) is 0. The molecule has 2 amide bonds. The number of benzene rings is 2. The van der Waals surface area contributed by atoms with E-state index in [-0.39, 0.29) is 12.1 Å². The molecule has 1 saturated heterocycles. The quantitative estimate of drug-likeness (QED) is 0.689. The molecule has 1 aliphatic heterocycles. The summed E-state index contributed by atoms with van der Waals surface area (Å²) in [6.45, 7) is 1.21. The predicted octanol–water partition coefficient (Wildman–Crippen LogP) is 4.49. The van der Waals surface area contributed by atoms with Crippen LogP contribution in [0.5, 0.6) is 5.88 Å². The van der Waals surface area contributed by atoms with Crippen LogP contribution in [0.2, 0.25) is 0 Å². The summed E-state index contributed by atoms with van der Waals surface area (Å²) < 4.78 is 5.92. The highest BCUT2D eigenvalue weighted by molar-refractivity contribution is 5.99. The van der Waals surface area contributed by atoms with E-state index in [1.54, 1.807) is 11.1 Å². The molecule has 4 rings (SSSR count). The van der Waals surface area contributed by atoms with Gasteiger partial charge in [0, 0.05) is 25.2 Å². The third-order valence-corrected chi connectivity index (χ3v) is 4.56. The van der Waals surface area contributed by atoms with Crippen LogP contribution < -0.4 is 9.64 Å². The van der Waals surface area contributed by atoms with E-state index in [0.29, 0.717) is 19.0 Å². The van der Waals surface area contributed by atoms with Crippen molar-refractivity contribution in [2.45, 2.75) is 12.5 Å². The Morgan fingerprint density at radius 3 is 2.15 bits per heavy atom. The predicted molar refractivity (Wildman–Crippen MR) is 105 cm³/mol. The van der Waals surface area contributed by atoms with Crippen LogP contribution in [0.15, 0.2) is 85.1 Å². The van der Waals surface area contributed by atoms with Gasteiger partial charge in [-0.3, -0.25) is 4.90 Å². The van der Waals surface area contributed by atoms with Gasteiger partial charge in [-0.05, 0) is 30.3 Å². The fourth-order valence-electron chi connectivity index (χ4n) is 3.25. The van der Waals surface area contributed by atoms with Gasteiger partial charge in [0.15, 0.2) is 0 Å². The summed E-state index contributed by atoms with van der Waals surface area (Å²) in [6.07, 6.45) is 2.46. The van der Waals surface area contributed by atoms with Gasteiger partial charge >= 0.3 is 6.03 Å². The average molecular weight is 359 g/mol. The molecule has 0 bridgehead atoms. The van der Waals surface area contributed by atoms with Crippen molar-refractivity contribution >= 4 is 17.4 Å². The fourth-order valence-corrected chi connectivity index (χ4v) is 3.25. The number of likely N-dealkylation sites (tertiary alicyclic amines) is 1. The van der Waals surface area contributed by atoms with Crippen molar-refractivity contribution < 1.29 is 9.53 Å². The monoisotopic (exact) mass is 359 g/mol. The molecule has 0 saturated carbocycles. The van der Waals surface area contributed by atoms with Gasteiger partial charge in [-0.2, -0.15) is 0 Å². The minimum Gasteiger partial charge on any atom is -0.472 e. The minimum absolute atomic E-state index is 0.0421. The van der Waals surface area contributed by atoms with E-state index in [1.807, 2.05) is 83.8 Å². The zero-order valence-electron chi connectivity index (χ0n) is 14.9. The molecule has 2 heterocycles. The normalized spacial score (nSPS) is 16.1. The maximum absolute atomic E-state index is 13.3. The van der Waals surface area contributed by atoms with E-state index >= 15 is 0 Å². The van der Waals surface area contributed by atoms with Crippen LogP contribution in [0.1, 0.15) is 6.42 Å². The fraction of sp³-hybridized carbons (Fsp3) is 0.182. The largest absolute Gasteiger partial charge is 0.472 e. The highest BCUT2D eigenvalue weighted by atomic mass is 16.5. The number of hydrogen-bond donors (Lipinski definition) is 0. The second-order valence-corrected chi connectivity index (χ2v) is 6.43. The van der Waals surface area contributed by atoms with E-state index < -0.39 is 0 Å². The van der Waals surface area contributed by atoms with Crippen LogP contribution in [0, 0.1) is 0 Å². The third-order valence-electron chi connectivity index (χ3n) is 4.56. The molecule has 1 aromatic heterocycles. The number of pyridine rings is 1. The number of carbonyl (C=O) groups is 1. The lowest BCUT2D eigenvalue weighted by Gasteiger charge is -2.28. The molecule has 3 aromatic rings. The van der Waals surface area contributed by atoms with Crippen molar-refractivity contribution in [2.24, 2.45) is 0 Å². The molecular formula is C22H21N3O2. The van der Waals surface area contributed by atoms with Crippen LogP contribution in [-0.2, 0) is 0 Å². The van der Waals surface area contributed by atoms with Crippen LogP contribution >= 0.6 is 0 Å². The third kappa shape index (κ3) is 3.92. The number of nitrogens with zero attached hydrogens (tertiary/aromatic N) is 3. The maximum atomic E-state index is 13.3. The van der Waals surface area contributed by atoms with E-state index in [9.17, 15) is 4.79 Å². The molecule has 0 unspecified atom stereocenters.